The zero-order valence-electron chi connectivity index (χ0n) is 16.5. The Hall–Kier alpha value is -2.36. The van der Waals surface area contributed by atoms with Crippen molar-refractivity contribution >= 4 is 32.3 Å². The zero-order chi connectivity index (χ0) is 19.6. The minimum atomic E-state index is 0.0733. The van der Waals surface area contributed by atoms with Crippen molar-refractivity contribution in [1.82, 2.24) is 4.90 Å². The Morgan fingerprint density at radius 2 is 1.66 bits per heavy atom. The number of para-hydroxylation sites is 1. The van der Waals surface area contributed by atoms with Crippen LogP contribution in [0.25, 0.3) is 0 Å². The number of hydrogen-bond acceptors (Lipinski definition) is 3. The number of carbonyl (C=O) groups is 1. The van der Waals surface area contributed by atoms with Crippen LogP contribution < -0.4 is 4.90 Å². The van der Waals surface area contributed by atoms with Gasteiger partial charge in [-0.25, -0.2) is 0 Å². The van der Waals surface area contributed by atoms with Gasteiger partial charge in [-0.15, -0.1) is 0 Å². The van der Waals surface area contributed by atoms with E-state index in [0.29, 0.717) is 33.8 Å². The van der Waals surface area contributed by atoms with Crippen molar-refractivity contribution in [1.29, 1.82) is 0 Å². The van der Waals surface area contributed by atoms with Gasteiger partial charge in [-0.05, 0) is 0 Å². The average molecular weight is 450 g/mol. The third-order valence-corrected chi connectivity index (χ3v) is 8.77. The van der Waals surface area contributed by atoms with E-state index in [1.165, 1.54) is 35.8 Å². The number of nitrogens with zero attached hydrogens (tertiary/aromatic N) is 3. The van der Waals surface area contributed by atoms with Crippen LogP contribution in [0, 0.1) is 0 Å². The quantitative estimate of drug-likeness (QED) is 0.640. The van der Waals surface area contributed by atoms with Crippen LogP contribution in [0.2, 0.25) is 4.82 Å². The summed E-state index contributed by atoms with van der Waals surface area (Å²) in [5, 5.41) is 0. The first-order valence-corrected chi connectivity index (χ1v) is 12.3. The summed E-state index contributed by atoms with van der Waals surface area (Å²) in [5.41, 5.74) is 3.00. The molecule has 1 aliphatic carbocycles. The van der Waals surface area contributed by atoms with E-state index in [4.69, 9.17) is 4.99 Å². The summed E-state index contributed by atoms with van der Waals surface area (Å²) < 4.78 is 1.39. The molecular weight excluding hydrogens is 425 g/mol. The fourth-order valence-electron chi connectivity index (χ4n) is 4.31. The number of amides is 1. The van der Waals surface area contributed by atoms with Crippen molar-refractivity contribution in [2.75, 3.05) is 18.1 Å². The van der Waals surface area contributed by atoms with E-state index in [9.17, 15) is 4.79 Å². The van der Waals surface area contributed by atoms with Gasteiger partial charge in [-0.3, -0.25) is 0 Å². The molecule has 5 heteroatoms. The van der Waals surface area contributed by atoms with Crippen LogP contribution in [0.5, 0.6) is 0 Å². The summed E-state index contributed by atoms with van der Waals surface area (Å²) in [6.45, 7) is 1.48. The van der Waals surface area contributed by atoms with E-state index < -0.39 is 0 Å². The SMILES string of the molecule is O=C1C(Cc2ccccc2)=NC2=C([Se]C3CCCC3)CN(c3ccccc3)CN12. The summed E-state index contributed by atoms with van der Waals surface area (Å²) in [7, 11) is 0. The Labute approximate surface area is 178 Å². The Balaban J connectivity index is 1.46. The van der Waals surface area contributed by atoms with E-state index in [1.807, 2.05) is 29.2 Å². The van der Waals surface area contributed by atoms with E-state index in [2.05, 4.69) is 41.3 Å². The van der Waals surface area contributed by atoms with E-state index in [0.717, 1.165) is 22.7 Å². The molecule has 5 rings (SSSR count). The number of aliphatic imine (C=N–C) groups is 1. The zero-order valence-corrected chi connectivity index (χ0v) is 18.2. The van der Waals surface area contributed by atoms with Crippen LogP contribution in [-0.4, -0.2) is 44.7 Å². The first kappa shape index (κ1) is 18.7. The summed E-state index contributed by atoms with van der Waals surface area (Å²) in [5.74, 6) is 1.03. The minimum absolute atomic E-state index is 0.0733. The molecule has 0 saturated heterocycles. The van der Waals surface area contributed by atoms with Gasteiger partial charge in [0.1, 0.15) is 0 Å². The molecule has 1 fully saturated rings. The molecule has 0 atom stereocenters. The van der Waals surface area contributed by atoms with Crippen molar-refractivity contribution < 1.29 is 4.79 Å². The molecule has 0 N–H and O–H groups in total. The molecule has 2 heterocycles. The number of fused-ring (bicyclic) bond motifs is 1. The second-order valence-corrected chi connectivity index (χ2v) is 10.8. The van der Waals surface area contributed by atoms with Crippen LogP contribution >= 0.6 is 0 Å². The van der Waals surface area contributed by atoms with Gasteiger partial charge in [0.25, 0.3) is 0 Å². The molecule has 29 heavy (non-hydrogen) atoms. The summed E-state index contributed by atoms with van der Waals surface area (Å²) in [6.07, 6.45) is 5.97. The fraction of sp³-hybridized carbons (Fsp3) is 0.333. The first-order valence-electron chi connectivity index (χ1n) is 10.4. The van der Waals surface area contributed by atoms with Gasteiger partial charge in [0.15, 0.2) is 0 Å². The third-order valence-electron chi connectivity index (χ3n) is 5.83. The van der Waals surface area contributed by atoms with Crippen molar-refractivity contribution in [3.05, 3.63) is 76.5 Å². The van der Waals surface area contributed by atoms with Gasteiger partial charge in [0, 0.05) is 0 Å². The number of anilines is 1. The van der Waals surface area contributed by atoms with Gasteiger partial charge >= 0.3 is 179 Å². The van der Waals surface area contributed by atoms with Crippen molar-refractivity contribution in [2.45, 2.75) is 36.9 Å². The van der Waals surface area contributed by atoms with Crippen LogP contribution in [0.15, 0.2) is 75.9 Å². The predicted molar refractivity (Wildman–Crippen MR) is 118 cm³/mol. The molecule has 0 spiro atoms. The molecule has 2 aromatic carbocycles. The van der Waals surface area contributed by atoms with Gasteiger partial charge in [0.2, 0.25) is 0 Å². The second kappa shape index (κ2) is 8.17. The molecule has 0 bridgehead atoms. The van der Waals surface area contributed by atoms with E-state index in [-0.39, 0.29) is 5.91 Å². The molecule has 1 amide bonds. The van der Waals surface area contributed by atoms with Crippen molar-refractivity contribution in [3.63, 3.8) is 0 Å². The normalized spacial score (nSPS) is 19.7. The first-order chi connectivity index (χ1) is 14.3. The van der Waals surface area contributed by atoms with Crippen LogP contribution in [-0.2, 0) is 11.2 Å². The predicted octanol–water partition coefficient (Wildman–Crippen LogP) is 4.23. The van der Waals surface area contributed by atoms with Crippen molar-refractivity contribution in [3.8, 4) is 0 Å². The molecule has 4 nitrogen and oxygen atoms in total. The van der Waals surface area contributed by atoms with E-state index >= 15 is 0 Å². The van der Waals surface area contributed by atoms with Gasteiger partial charge in [-0.2, -0.15) is 0 Å². The Morgan fingerprint density at radius 1 is 0.966 bits per heavy atom. The second-order valence-electron chi connectivity index (χ2n) is 7.90. The molecule has 0 radical (unpaired) electrons. The summed E-state index contributed by atoms with van der Waals surface area (Å²) in [6, 6.07) is 20.6. The Morgan fingerprint density at radius 3 is 2.38 bits per heavy atom. The molecule has 0 aromatic heterocycles. The number of benzene rings is 2. The molecule has 1 saturated carbocycles. The monoisotopic (exact) mass is 451 g/mol. The number of hydrogen-bond donors (Lipinski definition) is 0. The average Bonchev–Trinajstić information content (AvgIpc) is 3.38. The van der Waals surface area contributed by atoms with E-state index in [1.54, 1.807) is 0 Å². The third kappa shape index (κ3) is 3.90. The molecule has 0 unspecified atom stereocenters. The molecular formula is C24H25N3OSe. The van der Waals surface area contributed by atoms with Crippen LogP contribution in [0.4, 0.5) is 5.69 Å². The Bertz CT molecular complexity index is 949. The summed E-state index contributed by atoms with van der Waals surface area (Å²) >= 11 is 0.392. The van der Waals surface area contributed by atoms with Gasteiger partial charge < -0.3 is 0 Å². The number of carbonyl (C=O) groups excluding carboxylic acids is 1. The topological polar surface area (TPSA) is 35.9 Å². The maximum absolute atomic E-state index is 13.2. The fourth-order valence-corrected chi connectivity index (χ4v) is 7.38. The van der Waals surface area contributed by atoms with Crippen LogP contribution in [0.1, 0.15) is 31.2 Å². The molecule has 2 aromatic rings. The summed E-state index contributed by atoms with van der Waals surface area (Å²) in [4.78, 5) is 23.2. The molecule has 148 valence electrons. The van der Waals surface area contributed by atoms with Crippen LogP contribution in [0.3, 0.4) is 0 Å². The molecule has 3 aliphatic rings. The van der Waals surface area contributed by atoms with Gasteiger partial charge in [0.05, 0.1) is 0 Å². The van der Waals surface area contributed by atoms with Gasteiger partial charge in [-0.1, -0.05) is 0 Å². The maximum atomic E-state index is 13.2. The number of rotatable bonds is 5. The van der Waals surface area contributed by atoms with Crippen molar-refractivity contribution in [2.24, 2.45) is 4.99 Å². The standard InChI is InChI=1S/C24H25N3OSe/c28-24-21(15-18-9-3-1-4-10-18)25-23-22(29-20-13-7-8-14-20)16-26(17-27(23)24)19-11-5-2-6-12-19/h1-6,9-12,20H,7-8,13-17H2. The Kier molecular flexibility index (Phi) is 5.26. The molecule has 2 aliphatic heterocycles.